The summed E-state index contributed by atoms with van der Waals surface area (Å²) >= 11 is 0. The Morgan fingerprint density at radius 1 is 1.15 bits per heavy atom. The summed E-state index contributed by atoms with van der Waals surface area (Å²) in [5.74, 6) is -0.428. The van der Waals surface area contributed by atoms with Crippen molar-refractivity contribution in [2.75, 3.05) is 20.3 Å². The Morgan fingerprint density at radius 3 is 2.40 bits per heavy atom. The number of ether oxygens (including phenoxy) is 3. The predicted molar refractivity (Wildman–Crippen MR) is 70.0 cm³/mol. The summed E-state index contributed by atoms with van der Waals surface area (Å²) in [4.78, 5) is 0. The fraction of sp³-hybridized carbons (Fsp3) is 0.600. The van der Waals surface area contributed by atoms with Crippen molar-refractivity contribution >= 4 is 0 Å². The molecule has 3 rings (SSSR count). The van der Waals surface area contributed by atoms with Gasteiger partial charge in [0.05, 0.1) is 25.9 Å². The van der Waals surface area contributed by atoms with Crippen molar-refractivity contribution in [2.24, 2.45) is 0 Å². The van der Waals surface area contributed by atoms with Crippen LogP contribution in [0.15, 0.2) is 18.2 Å². The molecule has 0 unspecified atom stereocenters. The largest absolute Gasteiger partial charge is 0.497 e. The van der Waals surface area contributed by atoms with E-state index in [-0.39, 0.29) is 0 Å². The Balaban J connectivity index is 1.83. The van der Waals surface area contributed by atoms with Gasteiger partial charge in [-0.2, -0.15) is 0 Å². The molecule has 110 valence electrons. The summed E-state index contributed by atoms with van der Waals surface area (Å²) < 4.78 is 30.4. The molecule has 1 N–H and O–H groups in total. The number of aliphatic hydroxyl groups is 1. The van der Waals surface area contributed by atoms with E-state index in [0.717, 1.165) is 0 Å². The molecule has 1 aromatic rings. The molecule has 1 saturated carbocycles. The fourth-order valence-electron chi connectivity index (χ4n) is 3.09. The molecule has 0 atom stereocenters. The second-order valence-electron chi connectivity index (χ2n) is 5.48. The van der Waals surface area contributed by atoms with Crippen LogP contribution in [0.2, 0.25) is 0 Å². The van der Waals surface area contributed by atoms with Gasteiger partial charge in [0.2, 0.25) is 0 Å². The average molecular weight is 282 g/mol. The number of hydrogen-bond donors (Lipinski definition) is 1. The van der Waals surface area contributed by atoms with Crippen molar-refractivity contribution in [3.05, 3.63) is 29.6 Å². The quantitative estimate of drug-likeness (QED) is 0.904. The van der Waals surface area contributed by atoms with Crippen LogP contribution >= 0.6 is 0 Å². The number of hydrogen-bond acceptors (Lipinski definition) is 4. The zero-order valence-electron chi connectivity index (χ0n) is 11.5. The highest BCUT2D eigenvalue weighted by molar-refractivity contribution is 5.34. The molecule has 4 nitrogen and oxygen atoms in total. The van der Waals surface area contributed by atoms with Gasteiger partial charge < -0.3 is 19.3 Å². The first-order chi connectivity index (χ1) is 9.57. The number of benzene rings is 1. The molecule has 1 aliphatic heterocycles. The SMILES string of the molecule is COc1ccc(F)c(C2(O)CCC3(CC2)OCCO3)c1. The highest BCUT2D eigenvalue weighted by Gasteiger charge is 2.47. The molecule has 0 amide bonds. The first-order valence-corrected chi connectivity index (χ1v) is 6.91. The third-order valence-electron chi connectivity index (χ3n) is 4.33. The van der Waals surface area contributed by atoms with Crippen molar-refractivity contribution < 1.29 is 23.7 Å². The lowest BCUT2D eigenvalue weighted by Gasteiger charge is -2.40. The molecular weight excluding hydrogens is 263 g/mol. The first-order valence-electron chi connectivity index (χ1n) is 6.91. The predicted octanol–water partition coefficient (Wildman–Crippen LogP) is 2.34. The summed E-state index contributed by atoms with van der Waals surface area (Å²) in [5.41, 5.74) is -0.885. The van der Waals surface area contributed by atoms with Gasteiger partial charge in [0, 0.05) is 18.4 Å². The molecule has 0 aromatic heterocycles. The van der Waals surface area contributed by atoms with Crippen LogP contribution in [0.4, 0.5) is 4.39 Å². The molecule has 1 spiro atoms. The maximum absolute atomic E-state index is 14.0. The van der Waals surface area contributed by atoms with Gasteiger partial charge in [0.1, 0.15) is 11.6 Å². The first kappa shape index (κ1) is 13.8. The third-order valence-corrected chi connectivity index (χ3v) is 4.33. The van der Waals surface area contributed by atoms with E-state index in [0.29, 0.717) is 50.2 Å². The number of methoxy groups -OCH3 is 1. The third kappa shape index (κ3) is 2.30. The normalized spacial score (nSPS) is 23.9. The van der Waals surface area contributed by atoms with Gasteiger partial charge in [-0.1, -0.05) is 0 Å². The minimum atomic E-state index is -1.18. The van der Waals surface area contributed by atoms with Gasteiger partial charge >= 0.3 is 0 Å². The standard InChI is InChI=1S/C15H19FO4/c1-18-11-2-3-13(16)12(10-11)14(17)4-6-15(7-5-14)19-8-9-20-15/h2-3,10,17H,4-9H2,1H3. The molecule has 1 aliphatic carbocycles. The lowest BCUT2D eigenvalue weighted by Crippen LogP contribution is -2.42. The van der Waals surface area contributed by atoms with Crippen molar-refractivity contribution in [3.63, 3.8) is 0 Å². The maximum atomic E-state index is 14.0. The van der Waals surface area contributed by atoms with Crippen molar-refractivity contribution in [3.8, 4) is 5.75 Å². The van der Waals surface area contributed by atoms with Crippen molar-refractivity contribution in [2.45, 2.75) is 37.1 Å². The average Bonchev–Trinajstić information content (AvgIpc) is 2.92. The van der Waals surface area contributed by atoms with Gasteiger partial charge in [-0.15, -0.1) is 0 Å². The molecule has 1 aromatic carbocycles. The van der Waals surface area contributed by atoms with Gasteiger partial charge in [-0.05, 0) is 31.0 Å². The van der Waals surface area contributed by atoms with Crippen LogP contribution in [-0.2, 0) is 15.1 Å². The van der Waals surface area contributed by atoms with E-state index in [1.165, 1.54) is 13.2 Å². The van der Waals surface area contributed by atoms with Crippen LogP contribution in [0, 0.1) is 5.82 Å². The van der Waals surface area contributed by atoms with Crippen molar-refractivity contribution in [1.29, 1.82) is 0 Å². The summed E-state index contributed by atoms with van der Waals surface area (Å²) in [7, 11) is 1.52. The Hall–Kier alpha value is -1.17. The molecule has 2 aliphatic rings. The van der Waals surface area contributed by atoms with Crippen LogP contribution in [0.5, 0.6) is 5.75 Å². The van der Waals surface area contributed by atoms with E-state index in [9.17, 15) is 9.50 Å². The Labute approximate surface area is 117 Å². The van der Waals surface area contributed by atoms with E-state index >= 15 is 0 Å². The van der Waals surface area contributed by atoms with Crippen LogP contribution in [0.25, 0.3) is 0 Å². The monoisotopic (exact) mass is 282 g/mol. The molecule has 0 bridgehead atoms. The number of rotatable bonds is 2. The van der Waals surface area contributed by atoms with Gasteiger partial charge in [0.15, 0.2) is 5.79 Å². The molecule has 20 heavy (non-hydrogen) atoms. The highest BCUT2D eigenvalue weighted by atomic mass is 19.1. The number of halogens is 1. The van der Waals surface area contributed by atoms with Crippen LogP contribution < -0.4 is 4.74 Å². The fourth-order valence-corrected chi connectivity index (χ4v) is 3.09. The highest BCUT2D eigenvalue weighted by Crippen LogP contribution is 2.45. The molecular formula is C15H19FO4. The van der Waals surface area contributed by atoms with Gasteiger partial charge in [-0.3, -0.25) is 0 Å². The zero-order valence-corrected chi connectivity index (χ0v) is 11.5. The van der Waals surface area contributed by atoms with Crippen LogP contribution in [0.1, 0.15) is 31.2 Å². The summed E-state index contributed by atoms with van der Waals surface area (Å²) in [6, 6.07) is 4.46. The van der Waals surface area contributed by atoms with E-state index < -0.39 is 17.2 Å². The van der Waals surface area contributed by atoms with Gasteiger partial charge in [0.25, 0.3) is 0 Å². The minimum Gasteiger partial charge on any atom is -0.497 e. The van der Waals surface area contributed by atoms with Gasteiger partial charge in [-0.25, -0.2) is 4.39 Å². The van der Waals surface area contributed by atoms with E-state index in [1.54, 1.807) is 12.1 Å². The molecule has 1 heterocycles. The lowest BCUT2D eigenvalue weighted by molar-refractivity contribution is -0.204. The molecule has 0 radical (unpaired) electrons. The Morgan fingerprint density at radius 2 is 1.80 bits per heavy atom. The summed E-state index contributed by atoms with van der Waals surface area (Å²) in [6.45, 7) is 1.18. The van der Waals surface area contributed by atoms with Crippen LogP contribution in [-0.4, -0.2) is 31.2 Å². The Kier molecular flexibility index (Phi) is 3.44. The van der Waals surface area contributed by atoms with E-state index in [1.807, 2.05) is 0 Å². The van der Waals surface area contributed by atoms with E-state index in [2.05, 4.69) is 0 Å². The Bertz CT molecular complexity index is 487. The molecule has 2 fully saturated rings. The molecule has 1 saturated heterocycles. The summed E-state index contributed by atoms with van der Waals surface area (Å²) in [6.07, 6.45) is 1.97. The van der Waals surface area contributed by atoms with E-state index in [4.69, 9.17) is 14.2 Å². The smallest absolute Gasteiger partial charge is 0.168 e. The van der Waals surface area contributed by atoms with Crippen LogP contribution in [0.3, 0.4) is 0 Å². The lowest BCUT2D eigenvalue weighted by atomic mass is 9.77. The maximum Gasteiger partial charge on any atom is 0.168 e. The summed E-state index contributed by atoms with van der Waals surface area (Å²) in [5, 5.41) is 10.8. The zero-order chi connectivity index (χ0) is 14.2. The topological polar surface area (TPSA) is 47.9 Å². The minimum absolute atomic E-state index is 0.296. The molecule has 5 heteroatoms. The second kappa shape index (κ2) is 4.98. The van der Waals surface area contributed by atoms with Crippen molar-refractivity contribution in [1.82, 2.24) is 0 Å². The second-order valence-corrected chi connectivity index (χ2v) is 5.48.